The smallest absolute Gasteiger partial charge is 0.160 e. The Labute approximate surface area is 183 Å². The normalized spacial score (nSPS) is 11.5. The van der Waals surface area contributed by atoms with Crippen LogP contribution in [0, 0.1) is 13.8 Å². The monoisotopic (exact) mass is 418 g/mol. The van der Waals surface area contributed by atoms with E-state index in [2.05, 4.69) is 67.3 Å². The number of imidazole rings is 1. The number of hydrogen-bond donors (Lipinski definition) is 0. The van der Waals surface area contributed by atoms with Gasteiger partial charge in [0, 0.05) is 24.6 Å². The molecule has 0 radical (unpaired) electrons. The predicted molar refractivity (Wildman–Crippen MR) is 122 cm³/mol. The highest BCUT2D eigenvalue weighted by atomic mass is 16.5. The maximum Gasteiger partial charge on any atom is 0.160 e. The average molecular weight is 419 g/mol. The average Bonchev–Trinajstić information content (AvgIpc) is 3.30. The van der Waals surface area contributed by atoms with Crippen LogP contribution in [-0.4, -0.2) is 50.3 Å². The summed E-state index contributed by atoms with van der Waals surface area (Å²) in [5.41, 5.74) is 5.69. The van der Waals surface area contributed by atoms with E-state index in [0.717, 1.165) is 54.5 Å². The van der Waals surface area contributed by atoms with Crippen molar-refractivity contribution >= 4 is 5.65 Å². The van der Waals surface area contributed by atoms with Gasteiger partial charge in [-0.3, -0.25) is 4.40 Å². The third-order valence-corrected chi connectivity index (χ3v) is 5.64. The Morgan fingerprint density at radius 1 is 1.06 bits per heavy atom. The Balaban J connectivity index is 1.65. The molecule has 4 aromatic rings. The molecule has 7 nitrogen and oxygen atoms in total. The SMILES string of the molecule is COc1ccc(CCCn2c(C)cnc2C)c(-c2ccc3nnc(CN(C)C)n3c2)c1. The number of benzene rings is 1. The molecular weight excluding hydrogens is 388 g/mol. The Bertz CT molecular complexity index is 1170. The molecule has 0 aliphatic carbocycles. The summed E-state index contributed by atoms with van der Waals surface area (Å²) >= 11 is 0. The van der Waals surface area contributed by atoms with Crippen LogP contribution < -0.4 is 4.74 Å². The maximum atomic E-state index is 5.52. The molecule has 1 aromatic carbocycles. The Morgan fingerprint density at radius 3 is 2.61 bits per heavy atom. The van der Waals surface area contributed by atoms with Gasteiger partial charge in [0.15, 0.2) is 11.5 Å². The number of pyridine rings is 1. The van der Waals surface area contributed by atoms with Crippen molar-refractivity contribution in [2.24, 2.45) is 0 Å². The van der Waals surface area contributed by atoms with Crippen molar-refractivity contribution in [1.29, 1.82) is 0 Å². The van der Waals surface area contributed by atoms with Crippen LogP contribution in [0.5, 0.6) is 5.75 Å². The maximum absolute atomic E-state index is 5.52. The van der Waals surface area contributed by atoms with Crippen molar-refractivity contribution in [3.63, 3.8) is 0 Å². The standard InChI is InChI=1S/C24H30N6O/c1-17-14-25-18(2)29(17)12-6-7-19-8-10-21(31-5)13-22(19)20-9-11-23-26-27-24(16-28(3)4)30(23)15-20/h8-11,13-15H,6-7,12,16H2,1-5H3. The lowest BCUT2D eigenvalue weighted by Gasteiger charge is -2.14. The van der Waals surface area contributed by atoms with Gasteiger partial charge in [0.25, 0.3) is 0 Å². The van der Waals surface area contributed by atoms with E-state index < -0.39 is 0 Å². The topological polar surface area (TPSA) is 60.5 Å². The number of fused-ring (bicyclic) bond motifs is 1. The molecule has 0 fully saturated rings. The second-order valence-corrected chi connectivity index (χ2v) is 8.23. The van der Waals surface area contributed by atoms with Crippen LogP contribution in [0.15, 0.2) is 42.7 Å². The van der Waals surface area contributed by atoms with Crippen molar-refractivity contribution in [1.82, 2.24) is 29.0 Å². The van der Waals surface area contributed by atoms with E-state index in [0.29, 0.717) is 0 Å². The molecule has 0 amide bonds. The zero-order chi connectivity index (χ0) is 22.0. The van der Waals surface area contributed by atoms with Gasteiger partial charge in [-0.15, -0.1) is 10.2 Å². The first-order valence-electron chi connectivity index (χ1n) is 10.6. The van der Waals surface area contributed by atoms with Crippen LogP contribution in [0.2, 0.25) is 0 Å². The molecule has 3 heterocycles. The molecule has 0 aliphatic heterocycles. The number of ether oxygens (including phenoxy) is 1. The summed E-state index contributed by atoms with van der Waals surface area (Å²) < 4.78 is 9.88. The first kappa shape index (κ1) is 21.1. The summed E-state index contributed by atoms with van der Waals surface area (Å²) in [6, 6.07) is 10.5. The molecule has 0 N–H and O–H groups in total. The van der Waals surface area contributed by atoms with Gasteiger partial charge in [-0.2, -0.15) is 0 Å². The van der Waals surface area contributed by atoms with Crippen molar-refractivity contribution in [2.45, 2.75) is 39.8 Å². The molecule has 0 saturated carbocycles. The molecule has 0 spiro atoms. The van der Waals surface area contributed by atoms with Crippen LogP contribution in [0.1, 0.15) is 29.3 Å². The highest BCUT2D eigenvalue weighted by Crippen LogP contribution is 2.30. The van der Waals surface area contributed by atoms with E-state index >= 15 is 0 Å². The summed E-state index contributed by atoms with van der Waals surface area (Å²) in [5, 5.41) is 8.67. The molecular formula is C24H30N6O. The number of hydrogen-bond acceptors (Lipinski definition) is 5. The highest BCUT2D eigenvalue weighted by molar-refractivity contribution is 5.70. The Hall–Kier alpha value is -3.19. The minimum atomic E-state index is 0.735. The van der Waals surface area contributed by atoms with Gasteiger partial charge in [-0.05, 0) is 81.7 Å². The van der Waals surface area contributed by atoms with Crippen molar-refractivity contribution in [2.75, 3.05) is 21.2 Å². The molecule has 162 valence electrons. The van der Waals surface area contributed by atoms with E-state index in [4.69, 9.17) is 4.74 Å². The fourth-order valence-corrected chi connectivity index (χ4v) is 4.00. The van der Waals surface area contributed by atoms with Gasteiger partial charge in [-0.25, -0.2) is 4.98 Å². The van der Waals surface area contributed by atoms with Crippen LogP contribution in [0.4, 0.5) is 0 Å². The van der Waals surface area contributed by atoms with Crippen LogP contribution in [-0.2, 0) is 19.5 Å². The quantitative estimate of drug-likeness (QED) is 0.434. The van der Waals surface area contributed by atoms with E-state index in [9.17, 15) is 0 Å². The molecule has 7 heteroatoms. The van der Waals surface area contributed by atoms with Crippen molar-refractivity contribution in [3.8, 4) is 16.9 Å². The number of rotatable bonds is 8. The summed E-state index contributed by atoms with van der Waals surface area (Å²) in [7, 11) is 5.78. The lowest BCUT2D eigenvalue weighted by molar-refractivity contribution is 0.388. The van der Waals surface area contributed by atoms with E-state index in [1.54, 1.807) is 7.11 Å². The zero-order valence-electron chi connectivity index (χ0n) is 19.0. The zero-order valence-corrected chi connectivity index (χ0v) is 19.0. The molecule has 0 bridgehead atoms. The van der Waals surface area contributed by atoms with Gasteiger partial charge in [0.2, 0.25) is 0 Å². The summed E-state index contributed by atoms with van der Waals surface area (Å²) in [6.07, 6.45) is 6.09. The number of aromatic nitrogens is 5. The van der Waals surface area contributed by atoms with Gasteiger partial charge in [-0.1, -0.05) is 6.07 Å². The van der Waals surface area contributed by atoms with Gasteiger partial charge in [0.1, 0.15) is 11.6 Å². The minimum absolute atomic E-state index is 0.735. The molecule has 0 unspecified atom stereocenters. The summed E-state index contributed by atoms with van der Waals surface area (Å²) in [5.74, 6) is 2.86. The van der Waals surface area contributed by atoms with E-state index in [-0.39, 0.29) is 0 Å². The third-order valence-electron chi connectivity index (χ3n) is 5.64. The molecule has 31 heavy (non-hydrogen) atoms. The largest absolute Gasteiger partial charge is 0.497 e. The summed E-state index contributed by atoms with van der Waals surface area (Å²) in [6.45, 7) is 5.86. The molecule has 0 saturated heterocycles. The molecule has 3 aromatic heterocycles. The third kappa shape index (κ3) is 4.46. The Kier molecular flexibility index (Phi) is 6.04. The first-order chi connectivity index (χ1) is 15.0. The minimum Gasteiger partial charge on any atom is -0.497 e. The van der Waals surface area contributed by atoms with Crippen molar-refractivity contribution < 1.29 is 4.74 Å². The fourth-order valence-electron chi connectivity index (χ4n) is 4.00. The van der Waals surface area contributed by atoms with Crippen LogP contribution in [0.25, 0.3) is 16.8 Å². The van der Waals surface area contributed by atoms with E-state index in [1.165, 1.54) is 16.8 Å². The Morgan fingerprint density at radius 2 is 1.90 bits per heavy atom. The second kappa shape index (κ2) is 8.89. The second-order valence-electron chi connectivity index (χ2n) is 8.23. The van der Waals surface area contributed by atoms with Crippen molar-refractivity contribution in [3.05, 3.63) is 65.6 Å². The highest BCUT2D eigenvalue weighted by Gasteiger charge is 2.12. The number of nitrogens with zero attached hydrogens (tertiary/aromatic N) is 6. The van der Waals surface area contributed by atoms with Gasteiger partial charge in [0.05, 0.1) is 13.7 Å². The van der Waals surface area contributed by atoms with Gasteiger partial charge < -0.3 is 14.2 Å². The molecule has 0 atom stereocenters. The summed E-state index contributed by atoms with van der Waals surface area (Å²) in [4.78, 5) is 6.51. The number of methoxy groups -OCH3 is 1. The van der Waals surface area contributed by atoms with Crippen LogP contribution >= 0.6 is 0 Å². The van der Waals surface area contributed by atoms with Gasteiger partial charge >= 0.3 is 0 Å². The first-order valence-corrected chi connectivity index (χ1v) is 10.6. The number of aryl methyl sites for hydroxylation is 3. The van der Waals surface area contributed by atoms with E-state index in [1.807, 2.05) is 32.4 Å². The lowest BCUT2D eigenvalue weighted by Crippen LogP contribution is -2.13. The predicted octanol–water partition coefficient (Wildman–Crippen LogP) is 3.91. The fraction of sp³-hybridized carbons (Fsp3) is 0.375. The lowest BCUT2D eigenvalue weighted by atomic mass is 9.97. The molecule has 0 aliphatic rings. The molecule has 4 rings (SSSR count). The van der Waals surface area contributed by atoms with Crippen LogP contribution in [0.3, 0.4) is 0 Å².